The predicted molar refractivity (Wildman–Crippen MR) is 40.0 cm³/mol. The summed E-state index contributed by atoms with van der Waals surface area (Å²) in [5.74, 6) is 0. The molecule has 1 saturated heterocycles. The molecule has 2 N–H and O–H groups in total. The van der Waals surface area contributed by atoms with Gasteiger partial charge in [0.15, 0.2) is 8.40 Å². The summed E-state index contributed by atoms with van der Waals surface area (Å²) in [5.41, 5.74) is 0. The second-order valence-corrected chi connectivity index (χ2v) is 9.62. The molecule has 0 aliphatic carbocycles. The SMILES string of the molecule is CC[Si]1N[Si](C)(C)N1. The van der Waals surface area contributed by atoms with Gasteiger partial charge in [-0.25, -0.2) is 0 Å². The number of nitrogens with one attached hydrogen (secondary N) is 2. The summed E-state index contributed by atoms with van der Waals surface area (Å²) in [6.07, 6.45) is 0. The smallest absolute Gasteiger partial charge is 0.211 e. The molecule has 1 rings (SSSR count). The van der Waals surface area contributed by atoms with Gasteiger partial charge in [0.05, 0.1) is 0 Å². The molecule has 0 atom stereocenters. The summed E-state index contributed by atoms with van der Waals surface area (Å²) < 4.78 is 7.20. The van der Waals surface area contributed by atoms with E-state index >= 15 is 0 Å². The van der Waals surface area contributed by atoms with Gasteiger partial charge in [-0.1, -0.05) is 6.92 Å². The summed E-state index contributed by atoms with van der Waals surface area (Å²) in [5, 5.41) is 0. The maximum atomic E-state index is 3.60. The minimum atomic E-state index is -0.989. The summed E-state index contributed by atoms with van der Waals surface area (Å²) >= 11 is 0. The van der Waals surface area contributed by atoms with Crippen LogP contribution in [0.4, 0.5) is 0 Å². The van der Waals surface area contributed by atoms with Crippen LogP contribution in [0, 0.1) is 0 Å². The fourth-order valence-electron chi connectivity index (χ4n) is 0.931. The van der Waals surface area contributed by atoms with E-state index in [0.717, 1.165) is 0 Å². The Kier molecular flexibility index (Phi) is 1.57. The molecule has 8 heavy (non-hydrogen) atoms. The van der Waals surface area contributed by atoms with Crippen LogP contribution >= 0.6 is 0 Å². The molecular formula is C4H13N2Si2. The Morgan fingerprint density at radius 1 is 1.38 bits per heavy atom. The van der Waals surface area contributed by atoms with Gasteiger partial charge in [-0.2, -0.15) is 0 Å². The lowest BCUT2D eigenvalue weighted by atomic mass is 11.0. The molecule has 1 aliphatic heterocycles. The molecule has 47 valence electrons. The summed E-state index contributed by atoms with van der Waals surface area (Å²) in [4.78, 5) is 0. The molecule has 1 aliphatic rings. The average molecular weight is 145 g/mol. The van der Waals surface area contributed by atoms with Crippen molar-refractivity contribution in [2.45, 2.75) is 26.1 Å². The highest BCUT2D eigenvalue weighted by Crippen LogP contribution is 2.04. The van der Waals surface area contributed by atoms with E-state index in [1.807, 2.05) is 0 Å². The molecule has 0 aromatic heterocycles. The lowest BCUT2D eigenvalue weighted by Gasteiger charge is -2.42. The third-order valence-corrected chi connectivity index (χ3v) is 9.40. The van der Waals surface area contributed by atoms with Gasteiger partial charge in [-0.3, -0.25) is 0 Å². The standard InChI is InChI=1S/C4H13N2Si2/c1-4-7-5-8(2,3)6-7/h5-6H,4H2,1-3H3. The molecule has 0 bridgehead atoms. The van der Waals surface area contributed by atoms with Crippen molar-refractivity contribution in [3.8, 4) is 0 Å². The quantitative estimate of drug-likeness (QED) is 0.522. The van der Waals surface area contributed by atoms with Crippen LogP contribution < -0.4 is 9.30 Å². The van der Waals surface area contributed by atoms with Crippen LogP contribution in [0.3, 0.4) is 0 Å². The average Bonchev–Trinajstić information content (AvgIpc) is 1.60. The maximum absolute atomic E-state index is 3.60. The molecule has 1 heterocycles. The van der Waals surface area contributed by atoms with Crippen molar-refractivity contribution in [1.82, 2.24) is 9.30 Å². The molecule has 2 nitrogen and oxygen atoms in total. The van der Waals surface area contributed by atoms with Crippen LogP contribution in [0.5, 0.6) is 0 Å². The molecule has 0 aromatic carbocycles. The molecule has 0 saturated carbocycles. The van der Waals surface area contributed by atoms with Crippen molar-refractivity contribution in [3.63, 3.8) is 0 Å². The Hall–Kier alpha value is 0.354. The normalized spacial score (nSPS) is 27.4. The summed E-state index contributed by atoms with van der Waals surface area (Å²) in [7, 11) is -1.22. The van der Waals surface area contributed by atoms with Gasteiger partial charge < -0.3 is 9.30 Å². The molecule has 4 heteroatoms. The summed E-state index contributed by atoms with van der Waals surface area (Å²) in [6, 6.07) is 1.31. The van der Waals surface area contributed by atoms with Crippen LogP contribution in [0.2, 0.25) is 19.1 Å². The fraction of sp³-hybridized carbons (Fsp3) is 1.00. The van der Waals surface area contributed by atoms with Crippen molar-refractivity contribution in [2.75, 3.05) is 0 Å². The second-order valence-electron chi connectivity index (χ2n) is 2.71. The highest BCUT2D eigenvalue weighted by atomic mass is 28.5. The molecule has 0 spiro atoms. The van der Waals surface area contributed by atoms with Crippen LogP contribution in [0.25, 0.3) is 0 Å². The van der Waals surface area contributed by atoms with Gasteiger partial charge in [-0.05, 0) is 19.1 Å². The number of hydrogen-bond acceptors (Lipinski definition) is 2. The van der Waals surface area contributed by atoms with E-state index < -0.39 is 8.40 Å². The van der Waals surface area contributed by atoms with Gasteiger partial charge in [0.2, 0.25) is 9.12 Å². The van der Waals surface area contributed by atoms with E-state index in [9.17, 15) is 0 Å². The van der Waals surface area contributed by atoms with Crippen molar-refractivity contribution < 1.29 is 0 Å². The topological polar surface area (TPSA) is 24.1 Å². The third-order valence-electron chi connectivity index (χ3n) is 1.28. The Bertz CT molecular complexity index is 86.0. The second kappa shape index (κ2) is 1.95. The maximum Gasteiger partial charge on any atom is 0.211 e. The largest absolute Gasteiger partial charge is 0.336 e. The lowest BCUT2D eigenvalue weighted by molar-refractivity contribution is 1.05. The third kappa shape index (κ3) is 1.19. The molecule has 1 radical (unpaired) electrons. The molecule has 0 aromatic rings. The fourth-order valence-corrected chi connectivity index (χ4v) is 8.38. The van der Waals surface area contributed by atoms with Crippen LogP contribution in [-0.4, -0.2) is 17.5 Å². The molecule has 0 amide bonds. The zero-order valence-corrected chi connectivity index (χ0v) is 7.71. The minimum Gasteiger partial charge on any atom is -0.336 e. The van der Waals surface area contributed by atoms with Crippen molar-refractivity contribution >= 4 is 17.5 Å². The van der Waals surface area contributed by atoms with Gasteiger partial charge in [0, 0.05) is 0 Å². The number of hydrogen-bond donors (Lipinski definition) is 2. The first-order valence-corrected chi connectivity index (χ1v) is 7.77. The van der Waals surface area contributed by atoms with Gasteiger partial charge in [-0.15, -0.1) is 0 Å². The van der Waals surface area contributed by atoms with Gasteiger partial charge in [0.1, 0.15) is 0 Å². The van der Waals surface area contributed by atoms with Crippen molar-refractivity contribution in [3.05, 3.63) is 0 Å². The Morgan fingerprint density at radius 3 is 2.00 bits per heavy atom. The molecule has 1 fully saturated rings. The Balaban J connectivity index is 2.21. The highest BCUT2D eigenvalue weighted by molar-refractivity contribution is 6.96. The van der Waals surface area contributed by atoms with Gasteiger partial charge in [0.25, 0.3) is 0 Å². The predicted octanol–water partition coefficient (Wildman–Crippen LogP) is 0.389. The van der Waals surface area contributed by atoms with Crippen molar-refractivity contribution in [2.24, 2.45) is 0 Å². The first-order valence-electron chi connectivity index (χ1n) is 3.06. The highest BCUT2D eigenvalue weighted by Gasteiger charge is 2.37. The minimum absolute atomic E-state index is 0.233. The molecule has 0 unspecified atom stereocenters. The van der Waals surface area contributed by atoms with Crippen LogP contribution in [0.15, 0.2) is 0 Å². The lowest BCUT2D eigenvalue weighted by Crippen LogP contribution is -2.81. The first-order chi connectivity index (χ1) is 3.64. The summed E-state index contributed by atoms with van der Waals surface area (Å²) in [6.45, 7) is 6.84. The first kappa shape index (κ1) is 6.47. The van der Waals surface area contributed by atoms with E-state index in [-0.39, 0.29) is 9.12 Å². The number of rotatable bonds is 1. The van der Waals surface area contributed by atoms with E-state index in [1.54, 1.807) is 0 Å². The van der Waals surface area contributed by atoms with Crippen LogP contribution in [0.1, 0.15) is 6.92 Å². The van der Waals surface area contributed by atoms with Crippen molar-refractivity contribution in [1.29, 1.82) is 0 Å². The zero-order chi connectivity index (χ0) is 6.20. The van der Waals surface area contributed by atoms with E-state index in [1.165, 1.54) is 6.04 Å². The molecular weight excluding hydrogens is 132 g/mol. The zero-order valence-electron chi connectivity index (χ0n) is 5.71. The van der Waals surface area contributed by atoms with E-state index in [2.05, 4.69) is 29.3 Å². The Labute approximate surface area is 53.6 Å². The van der Waals surface area contributed by atoms with E-state index in [0.29, 0.717) is 0 Å². The Morgan fingerprint density at radius 2 is 1.88 bits per heavy atom. The van der Waals surface area contributed by atoms with Crippen LogP contribution in [-0.2, 0) is 0 Å². The monoisotopic (exact) mass is 145 g/mol. The van der Waals surface area contributed by atoms with Gasteiger partial charge >= 0.3 is 0 Å². The van der Waals surface area contributed by atoms with E-state index in [4.69, 9.17) is 0 Å².